The summed E-state index contributed by atoms with van der Waals surface area (Å²) >= 11 is 0. The van der Waals surface area contributed by atoms with Crippen LogP contribution in [0.5, 0.6) is 0 Å². The van der Waals surface area contributed by atoms with Crippen LogP contribution in [0.3, 0.4) is 0 Å². The molecule has 0 heterocycles. The van der Waals surface area contributed by atoms with Gasteiger partial charge < -0.3 is 19.6 Å². The third-order valence-electron chi connectivity index (χ3n) is 12.4. The predicted octanol–water partition coefficient (Wildman–Crippen LogP) is 16.1. The molecule has 0 aromatic heterocycles. The molecule has 7 aromatic carbocycles. The SMILES string of the molecule is Cc1cccc(N(c2ccccc2)c2ccc(N(C3=CC(C)C(N(c4ccccc4)c4cccc(C)c4)C=C3)c3ccc(N(C4=CC(C)C(C)C=C4)c4ccccc4)cc3)cc2)c1. The van der Waals surface area contributed by atoms with Gasteiger partial charge in [0.15, 0.2) is 0 Å². The van der Waals surface area contributed by atoms with Crippen molar-refractivity contribution in [2.45, 2.75) is 40.7 Å². The second-order valence-corrected chi connectivity index (χ2v) is 17.1. The summed E-state index contributed by atoms with van der Waals surface area (Å²) in [5, 5.41) is 0. The van der Waals surface area contributed by atoms with E-state index in [4.69, 9.17) is 0 Å². The molecule has 0 spiro atoms. The molecule has 0 saturated carbocycles. The maximum absolute atomic E-state index is 2.48. The van der Waals surface area contributed by atoms with Crippen LogP contribution >= 0.6 is 0 Å². The van der Waals surface area contributed by atoms with Crippen LogP contribution in [0.2, 0.25) is 0 Å². The molecule has 7 aromatic rings. The van der Waals surface area contributed by atoms with Gasteiger partial charge in [-0.1, -0.05) is 124 Å². The van der Waals surface area contributed by atoms with Crippen LogP contribution in [-0.4, -0.2) is 6.04 Å². The summed E-state index contributed by atoms with van der Waals surface area (Å²) in [6.07, 6.45) is 14.2. The maximum Gasteiger partial charge on any atom is 0.0586 e. The number of nitrogens with zero attached hydrogens (tertiary/aromatic N) is 4. The average Bonchev–Trinajstić information content (AvgIpc) is 3.31. The van der Waals surface area contributed by atoms with Crippen molar-refractivity contribution in [2.75, 3.05) is 19.6 Å². The number of allylic oxidation sites excluding steroid dienone is 4. The molecule has 0 amide bonds. The van der Waals surface area contributed by atoms with Gasteiger partial charge >= 0.3 is 0 Å². The zero-order valence-corrected chi connectivity index (χ0v) is 37.0. The molecule has 2 aliphatic carbocycles. The lowest BCUT2D eigenvalue weighted by molar-refractivity contribution is 0.547. The Morgan fingerprint density at radius 2 is 0.698 bits per heavy atom. The number of aryl methyl sites for hydroxylation is 2. The highest BCUT2D eigenvalue weighted by Gasteiger charge is 2.28. The Kier molecular flexibility index (Phi) is 12.0. The number of hydrogen-bond acceptors (Lipinski definition) is 4. The fourth-order valence-electron chi connectivity index (χ4n) is 8.94. The lowest BCUT2D eigenvalue weighted by Gasteiger charge is -2.38. The van der Waals surface area contributed by atoms with Gasteiger partial charge in [-0.25, -0.2) is 0 Å². The normalized spacial score (nSPS) is 18.0. The minimum Gasteiger partial charge on any atom is -0.334 e. The van der Waals surface area contributed by atoms with Crippen molar-refractivity contribution in [1.82, 2.24) is 0 Å². The van der Waals surface area contributed by atoms with Gasteiger partial charge in [0.05, 0.1) is 6.04 Å². The molecule has 63 heavy (non-hydrogen) atoms. The summed E-state index contributed by atoms with van der Waals surface area (Å²) in [7, 11) is 0. The quantitative estimate of drug-likeness (QED) is 0.122. The van der Waals surface area contributed by atoms with Gasteiger partial charge in [0.1, 0.15) is 0 Å². The zero-order valence-electron chi connectivity index (χ0n) is 37.0. The first-order valence-electron chi connectivity index (χ1n) is 22.3. The van der Waals surface area contributed by atoms with E-state index in [1.165, 1.54) is 28.2 Å². The Morgan fingerprint density at radius 1 is 0.317 bits per heavy atom. The molecule has 4 heteroatoms. The van der Waals surface area contributed by atoms with Crippen molar-refractivity contribution in [3.05, 3.63) is 247 Å². The van der Waals surface area contributed by atoms with Crippen molar-refractivity contribution in [1.29, 1.82) is 0 Å². The molecular formula is C59H56N4. The molecular weight excluding hydrogens is 765 g/mol. The van der Waals surface area contributed by atoms with Gasteiger partial charge in [-0.2, -0.15) is 0 Å². The van der Waals surface area contributed by atoms with Crippen LogP contribution in [0, 0.1) is 31.6 Å². The van der Waals surface area contributed by atoms with Crippen LogP contribution in [0.25, 0.3) is 0 Å². The molecule has 0 fully saturated rings. The number of hydrogen-bond donors (Lipinski definition) is 0. The Hall–Kier alpha value is -7.30. The van der Waals surface area contributed by atoms with Crippen LogP contribution in [-0.2, 0) is 0 Å². The Morgan fingerprint density at radius 3 is 1.17 bits per heavy atom. The van der Waals surface area contributed by atoms with E-state index < -0.39 is 0 Å². The highest BCUT2D eigenvalue weighted by molar-refractivity contribution is 5.81. The molecule has 0 radical (unpaired) electrons. The Balaban J connectivity index is 1.12. The summed E-state index contributed by atoms with van der Waals surface area (Å²) in [6.45, 7) is 11.3. The van der Waals surface area contributed by atoms with E-state index in [0.717, 1.165) is 45.5 Å². The van der Waals surface area contributed by atoms with Crippen molar-refractivity contribution in [3.63, 3.8) is 0 Å². The molecule has 0 saturated heterocycles. The fourth-order valence-corrected chi connectivity index (χ4v) is 8.94. The van der Waals surface area contributed by atoms with Crippen molar-refractivity contribution < 1.29 is 0 Å². The largest absolute Gasteiger partial charge is 0.334 e. The molecule has 312 valence electrons. The van der Waals surface area contributed by atoms with Crippen LogP contribution in [0.1, 0.15) is 31.9 Å². The Bertz CT molecular complexity index is 2750. The third kappa shape index (κ3) is 8.89. The molecule has 0 aliphatic heterocycles. The molecule has 9 rings (SSSR count). The third-order valence-corrected chi connectivity index (χ3v) is 12.4. The first-order chi connectivity index (χ1) is 30.8. The minimum absolute atomic E-state index is 0.111. The summed E-state index contributed by atoms with van der Waals surface area (Å²) in [5.74, 6) is 1.13. The van der Waals surface area contributed by atoms with Crippen molar-refractivity contribution in [3.8, 4) is 0 Å². The van der Waals surface area contributed by atoms with Gasteiger partial charge in [0.25, 0.3) is 0 Å². The standard InChI is InChI=1S/C59H56N4/c1-43-17-15-25-55(39-43)60(48-19-9-6-10-20-48)51-29-33-53(34-30-51)62(54-35-31-52(32-36-54)61(49-21-11-7-12-22-49)57-28-27-45(3)46(4)41-57)58-37-38-59(47(5)42-58)63(50-23-13-8-14-24-50)56-26-16-18-44(2)40-56/h6-42,45-47,59H,1-5H3. The topological polar surface area (TPSA) is 13.0 Å². The monoisotopic (exact) mass is 820 g/mol. The van der Waals surface area contributed by atoms with E-state index in [2.05, 4.69) is 279 Å². The summed E-state index contributed by atoms with van der Waals surface area (Å²) in [5.41, 5.74) is 14.9. The van der Waals surface area contributed by atoms with Crippen molar-refractivity contribution in [2.24, 2.45) is 17.8 Å². The average molecular weight is 821 g/mol. The molecule has 4 atom stereocenters. The predicted molar refractivity (Wildman–Crippen MR) is 269 cm³/mol. The van der Waals surface area contributed by atoms with Gasteiger partial charge in [0.2, 0.25) is 0 Å². The van der Waals surface area contributed by atoms with Gasteiger partial charge in [-0.05, 0) is 158 Å². The van der Waals surface area contributed by atoms with E-state index in [1.807, 2.05) is 0 Å². The van der Waals surface area contributed by atoms with E-state index in [9.17, 15) is 0 Å². The molecule has 4 nitrogen and oxygen atoms in total. The highest BCUT2D eigenvalue weighted by atomic mass is 15.2. The molecule has 0 N–H and O–H groups in total. The zero-order chi connectivity index (χ0) is 43.3. The summed E-state index contributed by atoms with van der Waals surface area (Å²) in [4.78, 5) is 9.60. The first-order valence-corrected chi connectivity index (χ1v) is 22.3. The lowest BCUT2D eigenvalue weighted by Crippen LogP contribution is -2.36. The molecule has 0 bridgehead atoms. The minimum atomic E-state index is 0.111. The fraction of sp³-hybridized carbons (Fsp3) is 0.153. The molecule has 4 unspecified atom stereocenters. The van der Waals surface area contributed by atoms with E-state index >= 15 is 0 Å². The lowest BCUT2D eigenvalue weighted by atomic mass is 9.90. The number of anilines is 9. The van der Waals surface area contributed by atoms with Crippen LogP contribution in [0.15, 0.2) is 236 Å². The van der Waals surface area contributed by atoms with Gasteiger partial charge in [0, 0.05) is 68.5 Å². The van der Waals surface area contributed by atoms with Gasteiger partial charge in [-0.15, -0.1) is 0 Å². The van der Waals surface area contributed by atoms with E-state index in [-0.39, 0.29) is 12.0 Å². The van der Waals surface area contributed by atoms with Crippen molar-refractivity contribution >= 4 is 51.2 Å². The smallest absolute Gasteiger partial charge is 0.0586 e. The molecule has 2 aliphatic rings. The summed E-state index contributed by atoms with van der Waals surface area (Å²) in [6, 6.07) is 67.9. The number of benzene rings is 7. The van der Waals surface area contributed by atoms with Crippen LogP contribution in [0.4, 0.5) is 51.2 Å². The Labute approximate surface area is 374 Å². The second-order valence-electron chi connectivity index (χ2n) is 17.1. The maximum atomic E-state index is 2.48. The van der Waals surface area contributed by atoms with E-state index in [0.29, 0.717) is 11.8 Å². The van der Waals surface area contributed by atoms with E-state index in [1.54, 1.807) is 0 Å². The van der Waals surface area contributed by atoms with Gasteiger partial charge in [-0.3, -0.25) is 0 Å². The van der Waals surface area contributed by atoms with Crippen LogP contribution < -0.4 is 19.6 Å². The highest BCUT2D eigenvalue weighted by Crippen LogP contribution is 2.42. The number of rotatable bonds is 12. The number of para-hydroxylation sites is 3. The first kappa shape index (κ1) is 41.1. The summed E-state index contributed by atoms with van der Waals surface area (Å²) < 4.78 is 0. The second kappa shape index (κ2) is 18.4.